The van der Waals surface area contributed by atoms with Gasteiger partial charge in [0.2, 0.25) is 0 Å². The van der Waals surface area contributed by atoms with Crippen LogP contribution in [-0.4, -0.2) is 37.5 Å². The molecule has 0 spiro atoms. The standard InChI is InChI=1S/C15H30N2O3S/c1-12(13-8-6-5-7-9-13)17-14(18)16-10-11-21(19,20)15(2,3)4/h12-13H,5-11H2,1-4H3,(H2,16,17,18)/t12-/m1/s1. The summed E-state index contributed by atoms with van der Waals surface area (Å²) in [4.78, 5) is 11.8. The van der Waals surface area contributed by atoms with Crippen LogP contribution < -0.4 is 10.6 Å². The first kappa shape index (κ1) is 18.3. The lowest BCUT2D eigenvalue weighted by molar-refractivity contribution is 0.225. The van der Waals surface area contributed by atoms with Crippen molar-refractivity contribution in [1.29, 1.82) is 0 Å². The summed E-state index contributed by atoms with van der Waals surface area (Å²) in [6.45, 7) is 7.21. The summed E-state index contributed by atoms with van der Waals surface area (Å²) >= 11 is 0. The minimum Gasteiger partial charge on any atom is -0.337 e. The number of hydrogen-bond donors (Lipinski definition) is 2. The molecule has 0 aromatic carbocycles. The van der Waals surface area contributed by atoms with Crippen molar-refractivity contribution in [3.05, 3.63) is 0 Å². The Labute approximate surface area is 129 Å². The first-order chi connectivity index (χ1) is 9.63. The zero-order valence-electron chi connectivity index (χ0n) is 13.7. The van der Waals surface area contributed by atoms with E-state index >= 15 is 0 Å². The van der Waals surface area contributed by atoms with Crippen molar-refractivity contribution < 1.29 is 13.2 Å². The number of urea groups is 1. The van der Waals surface area contributed by atoms with Crippen LogP contribution in [0, 0.1) is 5.92 Å². The summed E-state index contributed by atoms with van der Waals surface area (Å²) in [5.74, 6) is 0.518. The fourth-order valence-corrected chi connectivity index (χ4v) is 3.60. The fraction of sp³-hybridized carbons (Fsp3) is 0.933. The second-order valence-corrected chi connectivity index (χ2v) is 9.88. The highest BCUT2D eigenvalue weighted by atomic mass is 32.2. The molecule has 0 bridgehead atoms. The van der Waals surface area contributed by atoms with Gasteiger partial charge in [0, 0.05) is 12.6 Å². The van der Waals surface area contributed by atoms with Gasteiger partial charge in [0.1, 0.15) is 0 Å². The Morgan fingerprint density at radius 3 is 2.29 bits per heavy atom. The van der Waals surface area contributed by atoms with E-state index in [2.05, 4.69) is 10.6 Å². The Morgan fingerprint density at radius 2 is 1.76 bits per heavy atom. The third-order valence-electron chi connectivity index (χ3n) is 4.31. The fourth-order valence-electron chi connectivity index (χ4n) is 2.61. The Morgan fingerprint density at radius 1 is 1.19 bits per heavy atom. The average molecular weight is 318 g/mol. The summed E-state index contributed by atoms with van der Waals surface area (Å²) in [6, 6.07) is -0.123. The quantitative estimate of drug-likeness (QED) is 0.817. The van der Waals surface area contributed by atoms with Gasteiger partial charge in [-0.05, 0) is 46.5 Å². The molecule has 5 nitrogen and oxygen atoms in total. The van der Waals surface area contributed by atoms with Crippen LogP contribution in [-0.2, 0) is 9.84 Å². The molecule has 1 rings (SSSR count). The van der Waals surface area contributed by atoms with E-state index in [4.69, 9.17) is 0 Å². The van der Waals surface area contributed by atoms with Gasteiger partial charge in [-0.15, -0.1) is 0 Å². The predicted molar refractivity (Wildman–Crippen MR) is 86.1 cm³/mol. The third-order valence-corrected chi connectivity index (χ3v) is 6.91. The van der Waals surface area contributed by atoms with E-state index in [9.17, 15) is 13.2 Å². The number of nitrogens with one attached hydrogen (secondary N) is 2. The molecule has 0 aromatic heterocycles. The topological polar surface area (TPSA) is 75.3 Å². The maximum Gasteiger partial charge on any atom is 0.315 e. The van der Waals surface area contributed by atoms with E-state index in [1.54, 1.807) is 20.8 Å². The van der Waals surface area contributed by atoms with Crippen molar-refractivity contribution in [3.63, 3.8) is 0 Å². The summed E-state index contributed by atoms with van der Waals surface area (Å²) < 4.78 is 23.1. The zero-order valence-corrected chi connectivity index (χ0v) is 14.6. The van der Waals surface area contributed by atoms with Gasteiger partial charge in [-0.3, -0.25) is 0 Å². The van der Waals surface area contributed by atoms with Gasteiger partial charge in [0.05, 0.1) is 10.5 Å². The van der Waals surface area contributed by atoms with Crippen LogP contribution in [0.3, 0.4) is 0 Å². The lowest BCUT2D eigenvalue weighted by Crippen LogP contribution is -2.46. The maximum atomic E-state index is 11.9. The minimum atomic E-state index is -3.18. The predicted octanol–water partition coefficient (Wildman–Crippen LogP) is 2.47. The molecule has 1 aliphatic carbocycles. The van der Waals surface area contributed by atoms with E-state index < -0.39 is 14.6 Å². The molecule has 124 valence electrons. The molecular weight excluding hydrogens is 288 g/mol. The summed E-state index contributed by atoms with van der Waals surface area (Å²) in [5.41, 5.74) is 0. The second kappa shape index (κ2) is 7.47. The number of amides is 2. The zero-order chi connectivity index (χ0) is 16.1. The van der Waals surface area contributed by atoms with Gasteiger partial charge in [-0.2, -0.15) is 0 Å². The average Bonchev–Trinajstić information content (AvgIpc) is 2.38. The molecule has 1 atom stereocenters. The van der Waals surface area contributed by atoms with E-state index in [1.165, 1.54) is 32.1 Å². The molecule has 0 saturated heterocycles. The Balaban J connectivity index is 2.31. The molecule has 0 unspecified atom stereocenters. The number of hydrogen-bond acceptors (Lipinski definition) is 3. The molecule has 1 fully saturated rings. The lowest BCUT2D eigenvalue weighted by Gasteiger charge is -2.28. The number of carbonyl (C=O) groups excluding carboxylic acids is 1. The largest absolute Gasteiger partial charge is 0.337 e. The molecule has 0 aliphatic heterocycles. The highest BCUT2D eigenvalue weighted by Crippen LogP contribution is 2.26. The molecular formula is C15H30N2O3S. The third kappa shape index (κ3) is 5.85. The lowest BCUT2D eigenvalue weighted by atomic mass is 9.85. The molecule has 1 saturated carbocycles. The van der Waals surface area contributed by atoms with Crippen LogP contribution in [0.5, 0.6) is 0 Å². The smallest absolute Gasteiger partial charge is 0.315 e. The Hall–Kier alpha value is -0.780. The molecule has 0 heterocycles. The highest BCUT2D eigenvalue weighted by molar-refractivity contribution is 7.92. The van der Waals surface area contributed by atoms with E-state index in [0.29, 0.717) is 5.92 Å². The monoisotopic (exact) mass is 318 g/mol. The SMILES string of the molecule is C[C@@H](NC(=O)NCCS(=O)(=O)C(C)(C)C)C1CCCCC1. The molecule has 1 aliphatic rings. The second-order valence-electron chi connectivity index (χ2n) is 7.02. The molecule has 21 heavy (non-hydrogen) atoms. The van der Waals surface area contributed by atoms with Crippen LogP contribution in [0.15, 0.2) is 0 Å². The first-order valence-electron chi connectivity index (χ1n) is 7.90. The van der Waals surface area contributed by atoms with Crippen LogP contribution in [0.4, 0.5) is 4.79 Å². The molecule has 6 heteroatoms. The van der Waals surface area contributed by atoms with Gasteiger partial charge < -0.3 is 10.6 Å². The molecule has 0 aromatic rings. The van der Waals surface area contributed by atoms with Crippen LogP contribution in [0.2, 0.25) is 0 Å². The highest BCUT2D eigenvalue weighted by Gasteiger charge is 2.28. The summed E-state index contributed by atoms with van der Waals surface area (Å²) in [5, 5.41) is 5.58. The Kier molecular flexibility index (Phi) is 6.50. The normalized spacial score (nSPS) is 19.0. The van der Waals surface area contributed by atoms with E-state index in [-0.39, 0.29) is 24.4 Å². The van der Waals surface area contributed by atoms with E-state index in [1.807, 2.05) is 6.92 Å². The molecule has 0 radical (unpaired) electrons. The van der Waals surface area contributed by atoms with Gasteiger partial charge in [0.15, 0.2) is 9.84 Å². The summed E-state index contributed by atoms with van der Waals surface area (Å²) in [7, 11) is -3.18. The van der Waals surface area contributed by atoms with Crippen molar-refractivity contribution in [2.45, 2.75) is 70.6 Å². The minimum absolute atomic E-state index is 0.0261. The van der Waals surface area contributed by atoms with E-state index in [0.717, 1.165) is 0 Å². The Bertz CT molecular complexity index is 434. The van der Waals surface area contributed by atoms with Gasteiger partial charge >= 0.3 is 6.03 Å². The van der Waals surface area contributed by atoms with Crippen LogP contribution in [0.25, 0.3) is 0 Å². The van der Waals surface area contributed by atoms with Crippen molar-refractivity contribution in [1.82, 2.24) is 10.6 Å². The van der Waals surface area contributed by atoms with Crippen molar-refractivity contribution in [2.75, 3.05) is 12.3 Å². The molecule has 2 N–H and O–H groups in total. The number of sulfone groups is 1. The number of carbonyl (C=O) groups is 1. The van der Waals surface area contributed by atoms with Crippen molar-refractivity contribution in [3.8, 4) is 0 Å². The number of rotatable bonds is 5. The molecule has 2 amide bonds. The van der Waals surface area contributed by atoms with Crippen LogP contribution in [0.1, 0.15) is 59.8 Å². The van der Waals surface area contributed by atoms with Gasteiger partial charge in [-0.25, -0.2) is 13.2 Å². The van der Waals surface area contributed by atoms with Crippen molar-refractivity contribution in [2.24, 2.45) is 5.92 Å². The van der Waals surface area contributed by atoms with Gasteiger partial charge in [-0.1, -0.05) is 19.3 Å². The van der Waals surface area contributed by atoms with Crippen molar-refractivity contribution >= 4 is 15.9 Å². The first-order valence-corrected chi connectivity index (χ1v) is 9.55. The summed E-state index contributed by atoms with van der Waals surface area (Å²) in [6.07, 6.45) is 6.10. The van der Waals surface area contributed by atoms with Gasteiger partial charge in [0.25, 0.3) is 0 Å². The maximum absolute atomic E-state index is 11.9. The van der Waals surface area contributed by atoms with Crippen LogP contribution >= 0.6 is 0 Å².